The van der Waals surface area contributed by atoms with Gasteiger partial charge < -0.3 is 35.1 Å². The van der Waals surface area contributed by atoms with E-state index in [1.54, 1.807) is 36.5 Å². The first-order chi connectivity index (χ1) is 21.5. The molecule has 0 radical (unpaired) electrons. The van der Waals surface area contributed by atoms with Crippen molar-refractivity contribution in [1.29, 1.82) is 0 Å². The van der Waals surface area contributed by atoms with Crippen LogP contribution in [0.5, 0.6) is 5.75 Å². The molecular weight excluding hydrogens is 566 g/mol. The highest BCUT2D eigenvalue weighted by atomic mass is 16.5. The van der Waals surface area contributed by atoms with Crippen molar-refractivity contribution in [2.45, 2.75) is 25.3 Å². The summed E-state index contributed by atoms with van der Waals surface area (Å²) in [5.41, 5.74) is 2.32. The molecule has 0 fully saturated rings. The van der Waals surface area contributed by atoms with E-state index in [1.807, 2.05) is 30.3 Å². The second-order valence-electron chi connectivity index (χ2n) is 10.2. The number of nitrogens with one attached hydrogen (secondary N) is 4. The Bertz CT molecular complexity index is 1570. The number of hydrogen-bond donors (Lipinski definition) is 4. The maximum atomic E-state index is 13.4. The molecule has 2 aromatic carbocycles. The molecule has 4 amide bonds. The number of imidazole rings is 1. The summed E-state index contributed by atoms with van der Waals surface area (Å²) in [5, 5.41) is 12.5. The van der Waals surface area contributed by atoms with Crippen LogP contribution in [0.3, 0.4) is 0 Å². The Morgan fingerprint density at radius 3 is 2.61 bits per heavy atom. The maximum absolute atomic E-state index is 13.4. The van der Waals surface area contributed by atoms with Crippen LogP contribution in [0.1, 0.15) is 39.4 Å². The molecular formula is C31H33N7O6. The Morgan fingerprint density at radius 1 is 0.955 bits per heavy atom. The van der Waals surface area contributed by atoms with Gasteiger partial charge in [0.15, 0.2) is 0 Å². The number of H-pyrrole nitrogens is 1. The van der Waals surface area contributed by atoms with E-state index in [0.717, 1.165) is 5.56 Å². The Kier molecular flexibility index (Phi) is 9.98. The number of aromatic nitrogens is 3. The zero-order valence-corrected chi connectivity index (χ0v) is 24.0. The van der Waals surface area contributed by atoms with Crippen molar-refractivity contribution in [3.8, 4) is 17.0 Å². The van der Waals surface area contributed by atoms with Crippen LogP contribution in [0.25, 0.3) is 11.3 Å². The van der Waals surface area contributed by atoms with Crippen LogP contribution in [-0.2, 0) is 16.0 Å². The van der Waals surface area contributed by atoms with E-state index in [9.17, 15) is 19.2 Å². The first kappa shape index (κ1) is 30.0. The number of carbonyl (C=O) groups is 4. The Balaban J connectivity index is 1.29. The molecule has 2 aromatic heterocycles. The van der Waals surface area contributed by atoms with Crippen molar-refractivity contribution < 1.29 is 28.4 Å². The molecule has 3 heterocycles. The van der Waals surface area contributed by atoms with Crippen LogP contribution in [0.4, 0.5) is 0 Å². The number of amides is 4. The van der Waals surface area contributed by atoms with Crippen LogP contribution in [0, 0.1) is 0 Å². The van der Waals surface area contributed by atoms with Crippen LogP contribution in [0.2, 0.25) is 0 Å². The minimum absolute atomic E-state index is 0.0175. The molecule has 0 unspecified atom stereocenters. The van der Waals surface area contributed by atoms with Crippen molar-refractivity contribution in [2.24, 2.45) is 0 Å². The SMILES string of the molecule is O=C1CN(C(=O)c2cc(-c3ccccc3)no2)CCCCNC(=O)[C@H](Cc2cnc[nH]2)NC(=O)c2cccc(c2)OCCN1. The summed E-state index contributed by atoms with van der Waals surface area (Å²) in [7, 11) is 0. The third kappa shape index (κ3) is 8.09. The van der Waals surface area contributed by atoms with E-state index in [0.29, 0.717) is 42.1 Å². The summed E-state index contributed by atoms with van der Waals surface area (Å²) in [5.74, 6) is -1.19. The molecule has 0 aliphatic carbocycles. The molecule has 2 bridgehead atoms. The number of carbonyl (C=O) groups excluding carboxylic acids is 4. The summed E-state index contributed by atoms with van der Waals surface area (Å²) in [6.45, 7) is 0.652. The Morgan fingerprint density at radius 2 is 1.80 bits per heavy atom. The monoisotopic (exact) mass is 599 g/mol. The molecule has 1 aliphatic heterocycles. The van der Waals surface area contributed by atoms with Crippen molar-refractivity contribution in [3.05, 3.63) is 90.2 Å². The average Bonchev–Trinajstić information content (AvgIpc) is 3.75. The van der Waals surface area contributed by atoms with Gasteiger partial charge in [-0.2, -0.15) is 0 Å². The first-order valence-electron chi connectivity index (χ1n) is 14.3. The van der Waals surface area contributed by atoms with Gasteiger partial charge >= 0.3 is 0 Å². The van der Waals surface area contributed by atoms with Crippen LogP contribution in [0.15, 0.2) is 77.7 Å². The number of fused-ring (bicyclic) bond motifs is 2. The fourth-order valence-electron chi connectivity index (χ4n) is 4.67. The average molecular weight is 600 g/mol. The lowest BCUT2D eigenvalue weighted by atomic mass is 10.1. The molecule has 0 saturated carbocycles. The van der Waals surface area contributed by atoms with E-state index in [4.69, 9.17) is 9.26 Å². The van der Waals surface area contributed by atoms with Gasteiger partial charge in [-0.1, -0.05) is 41.6 Å². The lowest BCUT2D eigenvalue weighted by Gasteiger charge is -2.21. The summed E-state index contributed by atoms with van der Waals surface area (Å²) < 4.78 is 11.1. The van der Waals surface area contributed by atoms with Gasteiger partial charge in [0.05, 0.1) is 19.4 Å². The Hall–Kier alpha value is -5.46. The minimum atomic E-state index is -0.861. The third-order valence-corrected chi connectivity index (χ3v) is 6.96. The van der Waals surface area contributed by atoms with E-state index in [1.165, 1.54) is 11.2 Å². The van der Waals surface area contributed by atoms with Gasteiger partial charge in [0.25, 0.3) is 11.8 Å². The molecule has 0 spiro atoms. The number of ether oxygens (including phenoxy) is 1. The molecule has 44 heavy (non-hydrogen) atoms. The second kappa shape index (κ2) is 14.6. The van der Waals surface area contributed by atoms with Crippen molar-refractivity contribution in [1.82, 2.24) is 36.0 Å². The smallest absolute Gasteiger partial charge is 0.292 e. The van der Waals surface area contributed by atoms with Crippen LogP contribution >= 0.6 is 0 Å². The summed E-state index contributed by atoms with van der Waals surface area (Å²) in [6.07, 6.45) is 4.33. The number of benzene rings is 2. The van der Waals surface area contributed by atoms with E-state index in [-0.39, 0.29) is 50.2 Å². The number of rotatable bonds is 4. The highest BCUT2D eigenvalue weighted by Gasteiger charge is 2.25. The predicted octanol–water partition coefficient (Wildman–Crippen LogP) is 1.95. The van der Waals surface area contributed by atoms with E-state index >= 15 is 0 Å². The predicted molar refractivity (Wildman–Crippen MR) is 159 cm³/mol. The molecule has 5 rings (SSSR count). The molecule has 13 heteroatoms. The second-order valence-corrected chi connectivity index (χ2v) is 10.2. The van der Waals surface area contributed by atoms with Crippen molar-refractivity contribution in [2.75, 3.05) is 32.8 Å². The highest BCUT2D eigenvalue weighted by molar-refractivity contribution is 5.98. The van der Waals surface area contributed by atoms with Gasteiger partial charge in [0.2, 0.25) is 17.6 Å². The molecule has 1 atom stereocenters. The van der Waals surface area contributed by atoms with E-state index in [2.05, 4.69) is 31.1 Å². The highest BCUT2D eigenvalue weighted by Crippen LogP contribution is 2.20. The number of aromatic amines is 1. The van der Waals surface area contributed by atoms with Gasteiger partial charge in [-0.15, -0.1) is 0 Å². The topological polar surface area (TPSA) is 172 Å². The molecule has 13 nitrogen and oxygen atoms in total. The maximum Gasteiger partial charge on any atom is 0.292 e. The quantitative estimate of drug-likeness (QED) is 0.276. The lowest BCUT2D eigenvalue weighted by molar-refractivity contribution is -0.123. The summed E-state index contributed by atoms with van der Waals surface area (Å²) in [4.78, 5) is 60.8. The van der Waals surface area contributed by atoms with Gasteiger partial charge in [0.1, 0.15) is 24.1 Å². The molecule has 228 valence electrons. The van der Waals surface area contributed by atoms with Gasteiger partial charge in [-0.25, -0.2) is 4.98 Å². The van der Waals surface area contributed by atoms with Gasteiger partial charge in [0, 0.05) is 48.6 Å². The molecule has 0 saturated heterocycles. The Labute approximate surface area is 253 Å². The van der Waals surface area contributed by atoms with Gasteiger partial charge in [-0.05, 0) is 31.0 Å². The van der Waals surface area contributed by atoms with E-state index < -0.39 is 17.9 Å². The zero-order valence-electron chi connectivity index (χ0n) is 24.0. The molecule has 1 aliphatic rings. The summed E-state index contributed by atoms with van der Waals surface area (Å²) in [6, 6.07) is 16.6. The number of hydrogen-bond acceptors (Lipinski definition) is 8. The number of nitrogens with zero attached hydrogens (tertiary/aromatic N) is 3. The molecule has 4 aromatic rings. The largest absolute Gasteiger partial charge is 0.492 e. The molecule has 4 N–H and O–H groups in total. The lowest BCUT2D eigenvalue weighted by Crippen LogP contribution is -2.48. The zero-order chi connectivity index (χ0) is 30.7. The fourth-order valence-corrected chi connectivity index (χ4v) is 4.67. The minimum Gasteiger partial charge on any atom is -0.492 e. The standard InChI is InChI=1S/C31H33N7O6/c39-28-19-38(31(42)27-17-25(37-44-27)21-7-2-1-3-8-21)13-5-4-11-34-30(41)26(16-23-18-32-20-35-23)36-29(40)22-9-6-10-24(15-22)43-14-12-33-28/h1-3,6-10,15,17-18,20,26H,4-5,11-14,16,19H2,(H,32,35)(H,33,39)(H,34,41)(H,36,40)/t26-/m0/s1. The first-order valence-corrected chi connectivity index (χ1v) is 14.3. The van der Waals surface area contributed by atoms with Gasteiger partial charge in [-0.3, -0.25) is 19.2 Å². The van der Waals surface area contributed by atoms with Crippen LogP contribution < -0.4 is 20.7 Å². The third-order valence-electron chi connectivity index (χ3n) is 6.96. The summed E-state index contributed by atoms with van der Waals surface area (Å²) >= 11 is 0. The van der Waals surface area contributed by atoms with Crippen molar-refractivity contribution >= 4 is 23.6 Å². The van der Waals surface area contributed by atoms with Crippen molar-refractivity contribution in [3.63, 3.8) is 0 Å². The van der Waals surface area contributed by atoms with Crippen LogP contribution in [-0.4, -0.2) is 82.5 Å². The normalized spacial score (nSPS) is 17.2. The fraction of sp³-hybridized carbons (Fsp3) is 0.290.